The number of urea groups is 1. The predicted molar refractivity (Wildman–Crippen MR) is 87.4 cm³/mol. The van der Waals surface area contributed by atoms with Gasteiger partial charge in [-0.3, -0.25) is 4.79 Å². The Morgan fingerprint density at radius 2 is 1.77 bits per heavy atom. The molecule has 0 aliphatic heterocycles. The third-order valence-electron chi connectivity index (χ3n) is 5.26. The van der Waals surface area contributed by atoms with Crippen LogP contribution in [0.15, 0.2) is 24.3 Å². The second-order valence-corrected chi connectivity index (χ2v) is 7.15. The molecule has 142 valence electrons. The monoisotopic (exact) mass is 370 g/mol. The topological polar surface area (TPSA) is 78.4 Å². The molecular formula is C18H21F3N2O3. The number of benzene rings is 1. The Morgan fingerprint density at radius 1 is 1.12 bits per heavy atom. The van der Waals surface area contributed by atoms with Gasteiger partial charge in [-0.25, -0.2) is 4.79 Å². The van der Waals surface area contributed by atoms with Crippen molar-refractivity contribution in [2.75, 3.05) is 0 Å². The summed E-state index contributed by atoms with van der Waals surface area (Å²) in [5.74, 6) is -1.18. The van der Waals surface area contributed by atoms with E-state index in [0.29, 0.717) is 44.1 Å². The quantitative estimate of drug-likeness (QED) is 0.757. The number of carboxylic acids is 1. The van der Waals surface area contributed by atoms with Crippen LogP contribution in [0.5, 0.6) is 0 Å². The molecule has 2 saturated carbocycles. The molecular weight excluding hydrogens is 349 g/mol. The SMILES string of the molecule is O=C(NC1CCC(C(=O)O)CC1)NC1(c2cccc(C(F)(F)F)c2)CC1. The summed E-state index contributed by atoms with van der Waals surface area (Å²) < 4.78 is 38.7. The smallest absolute Gasteiger partial charge is 0.416 e. The van der Waals surface area contributed by atoms with Gasteiger partial charge in [-0.2, -0.15) is 13.2 Å². The normalized spacial score (nSPS) is 24.6. The Labute approximate surface area is 149 Å². The summed E-state index contributed by atoms with van der Waals surface area (Å²) >= 11 is 0. The molecule has 5 nitrogen and oxygen atoms in total. The molecule has 2 amide bonds. The number of hydrogen-bond donors (Lipinski definition) is 3. The average Bonchev–Trinajstić information content (AvgIpc) is 3.35. The Kier molecular flexibility index (Phi) is 4.86. The number of amides is 2. The van der Waals surface area contributed by atoms with E-state index in [4.69, 9.17) is 5.11 Å². The number of carboxylic acid groups (broad SMARTS) is 1. The van der Waals surface area contributed by atoms with Crippen LogP contribution < -0.4 is 10.6 Å². The Morgan fingerprint density at radius 3 is 2.31 bits per heavy atom. The van der Waals surface area contributed by atoms with Crippen molar-refractivity contribution in [2.24, 2.45) is 5.92 Å². The van der Waals surface area contributed by atoms with Crippen LogP contribution in [0.3, 0.4) is 0 Å². The maximum Gasteiger partial charge on any atom is 0.416 e. The minimum absolute atomic E-state index is 0.108. The summed E-state index contributed by atoms with van der Waals surface area (Å²) in [6.45, 7) is 0. The van der Waals surface area contributed by atoms with Gasteiger partial charge in [-0.05, 0) is 56.2 Å². The molecule has 2 fully saturated rings. The maximum absolute atomic E-state index is 12.9. The van der Waals surface area contributed by atoms with Crippen LogP contribution in [-0.2, 0) is 16.5 Å². The molecule has 0 spiro atoms. The molecule has 26 heavy (non-hydrogen) atoms. The van der Waals surface area contributed by atoms with Crippen LogP contribution in [0.4, 0.5) is 18.0 Å². The standard InChI is InChI=1S/C18H21F3N2O3/c19-18(20,21)13-3-1-2-12(10-13)17(8-9-17)23-16(26)22-14-6-4-11(5-7-14)15(24)25/h1-3,10-11,14H,4-9H2,(H,24,25)(H2,22,23,26). The number of nitrogens with one attached hydrogen (secondary N) is 2. The van der Waals surface area contributed by atoms with E-state index >= 15 is 0 Å². The molecule has 8 heteroatoms. The summed E-state index contributed by atoms with van der Waals surface area (Å²) in [4.78, 5) is 23.2. The first-order valence-electron chi connectivity index (χ1n) is 8.69. The fourth-order valence-electron chi connectivity index (χ4n) is 3.53. The number of rotatable bonds is 4. The van der Waals surface area contributed by atoms with Crippen LogP contribution in [0.2, 0.25) is 0 Å². The van der Waals surface area contributed by atoms with Gasteiger partial charge in [0.2, 0.25) is 0 Å². The Hall–Kier alpha value is -2.25. The van der Waals surface area contributed by atoms with Crippen molar-refractivity contribution in [1.82, 2.24) is 10.6 Å². The highest BCUT2D eigenvalue weighted by Gasteiger charge is 2.47. The summed E-state index contributed by atoms with van der Waals surface area (Å²) in [6.07, 6.45) is -1.04. The molecule has 0 aromatic heterocycles. The summed E-state index contributed by atoms with van der Waals surface area (Å²) in [6, 6.07) is 4.53. The zero-order valence-electron chi connectivity index (χ0n) is 14.1. The van der Waals surface area contributed by atoms with Crippen molar-refractivity contribution in [3.63, 3.8) is 0 Å². The fourth-order valence-corrected chi connectivity index (χ4v) is 3.53. The van der Waals surface area contributed by atoms with Gasteiger partial charge in [-0.1, -0.05) is 12.1 Å². The van der Waals surface area contributed by atoms with Crippen LogP contribution in [0.1, 0.15) is 49.7 Å². The molecule has 0 radical (unpaired) electrons. The molecule has 0 atom stereocenters. The number of aliphatic carboxylic acids is 1. The summed E-state index contributed by atoms with van der Waals surface area (Å²) in [5.41, 5.74) is -1.02. The number of carbonyl (C=O) groups excluding carboxylic acids is 1. The maximum atomic E-state index is 12.9. The van der Waals surface area contributed by atoms with Gasteiger partial charge in [0.15, 0.2) is 0 Å². The van der Waals surface area contributed by atoms with Crippen molar-refractivity contribution in [3.8, 4) is 0 Å². The lowest BCUT2D eigenvalue weighted by Crippen LogP contribution is -2.47. The van der Waals surface area contributed by atoms with Gasteiger partial charge in [0, 0.05) is 6.04 Å². The molecule has 3 rings (SSSR count). The van der Waals surface area contributed by atoms with E-state index in [-0.39, 0.29) is 12.0 Å². The molecule has 2 aliphatic rings. The van der Waals surface area contributed by atoms with Gasteiger partial charge < -0.3 is 15.7 Å². The largest absolute Gasteiger partial charge is 0.481 e. The second-order valence-electron chi connectivity index (χ2n) is 7.15. The van der Waals surface area contributed by atoms with Gasteiger partial charge in [0.05, 0.1) is 17.0 Å². The Balaban J connectivity index is 1.59. The molecule has 0 heterocycles. The van der Waals surface area contributed by atoms with Crippen LogP contribution in [-0.4, -0.2) is 23.1 Å². The van der Waals surface area contributed by atoms with Gasteiger partial charge in [-0.15, -0.1) is 0 Å². The van der Waals surface area contributed by atoms with Crippen LogP contribution >= 0.6 is 0 Å². The summed E-state index contributed by atoms with van der Waals surface area (Å²) in [5, 5.41) is 14.6. The van der Waals surface area contributed by atoms with E-state index in [1.54, 1.807) is 6.07 Å². The lowest BCUT2D eigenvalue weighted by atomic mass is 9.86. The minimum Gasteiger partial charge on any atom is -0.481 e. The molecule has 0 saturated heterocycles. The highest BCUT2D eigenvalue weighted by Crippen LogP contribution is 2.46. The third-order valence-corrected chi connectivity index (χ3v) is 5.26. The first-order chi connectivity index (χ1) is 12.2. The van der Waals surface area contributed by atoms with Crippen molar-refractivity contribution in [3.05, 3.63) is 35.4 Å². The molecule has 0 bridgehead atoms. The second kappa shape index (κ2) is 6.81. The van der Waals surface area contributed by atoms with Crippen molar-refractivity contribution >= 4 is 12.0 Å². The van der Waals surface area contributed by atoms with E-state index in [9.17, 15) is 22.8 Å². The number of alkyl halides is 3. The van der Waals surface area contributed by atoms with Crippen molar-refractivity contribution in [2.45, 2.75) is 56.3 Å². The molecule has 0 unspecified atom stereocenters. The van der Waals surface area contributed by atoms with E-state index in [0.717, 1.165) is 12.1 Å². The van der Waals surface area contributed by atoms with Crippen LogP contribution in [0, 0.1) is 5.92 Å². The number of carbonyl (C=O) groups is 2. The van der Waals surface area contributed by atoms with Gasteiger partial charge >= 0.3 is 18.2 Å². The van der Waals surface area contributed by atoms with Gasteiger partial charge in [0.25, 0.3) is 0 Å². The van der Waals surface area contributed by atoms with E-state index in [2.05, 4.69) is 10.6 Å². The number of hydrogen-bond acceptors (Lipinski definition) is 2. The summed E-state index contributed by atoms with van der Waals surface area (Å²) in [7, 11) is 0. The van der Waals surface area contributed by atoms with E-state index < -0.39 is 29.3 Å². The van der Waals surface area contributed by atoms with E-state index in [1.807, 2.05) is 0 Å². The Bertz CT molecular complexity index is 693. The lowest BCUT2D eigenvalue weighted by Gasteiger charge is -2.28. The predicted octanol–water partition coefficient (Wildman–Crippen LogP) is 3.64. The van der Waals surface area contributed by atoms with Gasteiger partial charge in [0.1, 0.15) is 0 Å². The van der Waals surface area contributed by atoms with Crippen LogP contribution in [0.25, 0.3) is 0 Å². The third kappa shape index (κ3) is 4.11. The van der Waals surface area contributed by atoms with E-state index in [1.165, 1.54) is 6.07 Å². The first-order valence-corrected chi connectivity index (χ1v) is 8.69. The highest BCUT2D eigenvalue weighted by molar-refractivity contribution is 5.76. The fraction of sp³-hybridized carbons (Fsp3) is 0.556. The molecule has 3 N–H and O–H groups in total. The molecule has 2 aliphatic carbocycles. The zero-order valence-corrected chi connectivity index (χ0v) is 14.1. The number of halogens is 3. The lowest BCUT2D eigenvalue weighted by molar-refractivity contribution is -0.143. The molecule has 1 aromatic carbocycles. The average molecular weight is 370 g/mol. The highest BCUT2D eigenvalue weighted by atomic mass is 19.4. The first kappa shape index (κ1) is 18.5. The van der Waals surface area contributed by atoms with Crippen molar-refractivity contribution < 1.29 is 27.9 Å². The van der Waals surface area contributed by atoms with Crippen molar-refractivity contribution in [1.29, 1.82) is 0 Å². The zero-order chi connectivity index (χ0) is 18.9. The molecule has 1 aromatic rings. The minimum atomic E-state index is -4.42.